The van der Waals surface area contributed by atoms with Gasteiger partial charge in [0.2, 0.25) is 0 Å². The zero-order valence-electron chi connectivity index (χ0n) is 11.2. The summed E-state index contributed by atoms with van der Waals surface area (Å²) in [7, 11) is 0. The highest BCUT2D eigenvalue weighted by Crippen LogP contribution is 2.36. The Bertz CT molecular complexity index is 665. The Kier molecular flexibility index (Phi) is 3.27. The molecule has 0 amide bonds. The van der Waals surface area contributed by atoms with E-state index in [4.69, 9.17) is 5.73 Å². The Morgan fingerprint density at radius 2 is 1.90 bits per heavy atom. The van der Waals surface area contributed by atoms with Gasteiger partial charge < -0.3 is 11.1 Å². The van der Waals surface area contributed by atoms with Crippen LogP contribution in [-0.4, -0.2) is 0 Å². The minimum Gasteiger partial charge on any atom is -0.399 e. The van der Waals surface area contributed by atoms with E-state index in [9.17, 15) is 13.2 Å². The van der Waals surface area contributed by atoms with Crippen LogP contribution in [0.3, 0.4) is 0 Å². The molecule has 0 radical (unpaired) electrons. The Balaban J connectivity index is 1.83. The number of aryl methyl sites for hydroxylation is 1. The van der Waals surface area contributed by atoms with Crippen LogP contribution in [0.4, 0.5) is 24.5 Å². The molecule has 1 aliphatic rings. The van der Waals surface area contributed by atoms with Crippen LogP contribution < -0.4 is 11.1 Å². The molecule has 0 aliphatic heterocycles. The molecule has 0 aromatic heterocycles. The molecule has 0 bridgehead atoms. The second kappa shape index (κ2) is 4.98. The fourth-order valence-electron chi connectivity index (χ4n) is 2.77. The molecule has 2 aromatic rings. The van der Waals surface area contributed by atoms with Gasteiger partial charge in [-0.1, -0.05) is 12.1 Å². The van der Waals surface area contributed by atoms with Crippen LogP contribution in [-0.2, 0) is 12.6 Å². The molecule has 0 saturated heterocycles. The van der Waals surface area contributed by atoms with Crippen LogP contribution in [0.1, 0.15) is 29.2 Å². The lowest BCUT2D eigenvalue weighted by Gasteiger charge is -2.17. The Morgan fingerprint density at radius 1 is 1.10 bits per heavy atom. The van der Waals surface area contributed by atoms with Gasteiger partial charge in [-0.05, 0) is 54.3 Å². The summed E-state index contributed by atoms with van der Waals surface area (Å²) in [6.45, 7) is 0. The highest BCUT2D eigenvalue weighted by molar-refractivity contribution is 5.53. The lowest BCUT2D eigenvalue weighted by molar-refractivity contribution is -0.137. The number of hydrogen-bond acceptors (Lipinski definition) is 2. The summed E-state index contributed by atoms with van der Waals surface area (Å²) in [6, 6.07) is 11.0. The maximum atomic E-state index is 12.7. The van der Waals surface area contributed by atoms with Crippen molar-refractivity contribution in [1.82, 2.24) is 0 Å². The van der Waals surface area contributed by atoms with Crippen LogP contribution in [0.5, 0.6) is 0 Å². The lowest BCUT2D eigenvalue weighted by atomic mass is 10.1. The minimum atomic E-state index is -4.32. The second-order valence-corrected chi connectivity index (χ2v) is 5.27. The van der Waals surface area contributed by atoms with Crippen molar-refractivity contribution >= 4 is 11.4 Å². The monoisotopic (exact) mass is 292 g/mol. The number of fused-ring (bicyclic) bond motifs is 1. The first-order valence-corrected chi connectivity index (χ1v) is 6.75. The molecule has 2 nitrogen and oxygen atoms in total. The molecule has 110 valence electrons. The van der Waals surface area contributed by atoms with Crippen molar-refractivity contribution in [2.75, 3.05) is 11.1 Å². The van der Waals surface area contributed by atoms with Crippen molar-refractivity contribution < 1.29 is 13.2 Å². The third-order valence-corrected chi connectivity index (χ3v) is 3.78. The third kappa shape index (κ3) is 2.82. The number of anilines is 2. The zero-order chi connectivity index (χ0) is 15.0. The van der Waals surface area contributed by atoms with E-state index in [1.807, 2.05) is 18.2 Å². The molecule has 1 unspecified atom stereocenters. The van der Waals surface area contributed by atoms with Gasteiger partial charge >= 0.3 is 6.18 Å². The molecule has 2 aromatic carbocycles. The molecule has 0 fully saturated rings. The van der Waals surface area contributed by atoms with Crippen molar-refractivity contribution in [2.24, 2.45) is 0 Å². The minimum absolute atomic E-state index is 0.0316. The van der Waals surface area contributed by atoms with Crippen molar-refractivity contribution in [2.45, 2.75) is 25.1 Å². The van der Waals surface area contributed by atoms with Gasteiger partial charge in [0.05, 0.1) is 11.6 Å². The molecule has 1 aliphatic carbocycles. The van der Waals surface area contributed by atoms with E-state index in [-0.39, 0.29) is 6.04 Å². The number of alkyl halides is 3. The van der Waals surface area contributed by atoms with Crippen LogP contribution in [0.25, 0.3) is 0 Å². The molecule has 3 rings (SSSR count). The number of nitrogens with two attached hydrogens (primary N) is 1. The Hall–Kier alpha value is -2.17. The number of nitrogens with one attached hydrogen (secondary N) is 1. The topological polar surface area (TPSA) is 38.0 Å². The van der Waals surface area contributed by atoms with E-state index < -0.39 is 11.7 Å². The average Bonchev–Trinajstić information content (AvgIpc) is 2.80. The highest BCUT2D eigenvalue weighted by Gasteiger charge is 2.31. The first-order valence-electron chi connectivity index (χ1n) is 6.75. The number of halogens is 3. The molecular formula is C16H15F3N2. The van der Waals surface area contributed by atoms with Crippen LogP contribution in [0, 0.1) is 0 Å². The maximum absolute atomic E-state index is 12.7. The SMILES string of the molecule is Nc1ccc2c(c1)CCC2Nc1cccc(C(F)(F)F)c1. The summed E-state index contributed by atoms with van der Waals surface area (Å²) in [4.78, 5) is 0. The predicted octanol–water partition coefficient (Wildman–Crippen LogP) is 4.39. The largest absolute Gasteiger partial charge is 0.416 e. The molecule has 0 spiro atoms. The summed E-state index contributed by atoms with van der Waals surface area (Å²) in [6.07, 6.45) is -2.58. The van der Waals surface area contributed by atoms with E-state index in [1.54, 1.807) is 6.07 Å². The van der Waals surface area contributed by atoms with Crippen molar-refractivity contribution in [3.63, 3.8) is 0 Å². The second-order valence-electron chi connectivity index (χ2n) is 5.27. The highest BCUT2D eigenvalue weighted by atomic mass is 19.4. The summed E-state index contributed by atoms with van der Waals surface area (Å²) >= 11 is 0. The maximum Gasteiger partial charge on any atom is 0.416 e. The van der Waals surface area contributed by atoms with Gasteiger partial charge in [-0.2, -0.15) is 13.2 Å². The molecule has 3 N–H and O–H groups in total. The van der Waals surface area contributed by atoms with E-state index in [1.165, 1.54) is 11.6 Å². The smallest absolute Gasteiger partial charge is 0.399 e. The molecule has 0 heterocycles. The van der Waals surface area contributed by atoms with Crippen LogP contribution in [0.15, 0.2) is 42.5 Å². The molecule has 21 heavy (non-hydrogen) atoms. The molecular weight excluding hydrogens is 277 g/mol. The fraction of sp³-hybridized carbons (Fsp3) is 0.250. The molecule has 5 heteroatoms. The number of benzene rings is 2. The Morgan fingerprint density at radius 3 is 2.67 bits per heavy atom. The first-order chi connectivity index (χ1) is 9.93. The van der Waals surface area contributed by atoms with Gasteiger partial charge in [0.25, 0.3) is 0 Å². The van der Waals surface area contributed by atoms with Crippen molar-refractivity contribution in [1.29, 1.82) is 0 Å². The average molecular weight is 292 g/mol. The summed E-state index contributed by atoms with van der Waals surface area (Å²) in [5.41, 5.74) is 8.60. The van der Waals surface area contributed by atoms with Gasteiger partial charge in [0, 0.05) is 11.4 Å². The van der Waals surface area contributed by atoms with E-state index in [0.29, 0.717) is 11.4 Å². The van der Waals surface area contributed by atoms with Gasteiger partial charge in [0.15, 0.2) is 0 Å². The van der Waals surface area contributed by atoms with Crippen molar-refractivity contribution in [3.05, 3.63) is 59.2 Å². The van der Waals surface area contributed by atoms with E-state index >= 15 is 0 Å². The standard InChI is InChI=1S/C16H15F3N2/c17-16(18,19)11-2-1-3-13(9-11)21-15-7-4-10-8-12(20)5-6-14(10)15/h1-3,5-6,8-9,15,21H,4,7,20H2. The van der Waals surface area contributed by atoms with Crippen LogP contribution >= 0.6 is 0 Å². The lowest BCUT2D eigenvalue weighted by Crippen LogP contribution is -2.09. The number of nitrogen functional groups attached to an aromatic ring is 1. The normalized spacial score (nSPS) is 17.6. The molecule has 0 saturated carbocycles. The fourth-order valence-corrected chi connectivity index (χ4v) is 2.77. The predicted molar refractivity (Wildman–Crippen MR) is 77.0 cm³/mol. The first kappa shape index (κ1) is 13.8. The zero-order valence-corrected chi connectivity index (χ0v) is 11.2. The van der Waals surface area contributed by atoms with Gasteiger partial charge in [-0.3, -0.25) is 0 Å². The number of rotatable bonds is 2. The van der Waals surface area contributed by atoms with Gasteiger partial charge in [-0.25, -0.2) is 0 Å². The van der Waals surface area contributed by atoms with Crippen molar-refractivity contribution in [3.8, 4) is 0 Å². The summed E-state index contributed by atoms with van der Waals surface area (Å²) in [5, 5.41) is 3.19. The number of hydrogen-bond donors (Lipinski definition) is 2. The molecule has 1 atom stereocenters. The summed E-state index contributed by atoms with van der Waals surface area (Å²) in [5.74, 6) is 0. The van der Waals surface area contributed by atoms with E-state index in [0.717, 1.165) is 30.5 Å². The van der Waals surface area contributed by atoms with Gasteiger partial charge in [0.1, 0.15) is 0 Å². The van der Waals surface area contributed by atoms with Gasteiger partial charge in [-0.15, -0.1) is 0 Å². The quantitative estimate of drug-likeness (QED) is 0.806. The third-order valence-electron chi connectivity index (χ3n) is 3.78. The van der Waals surface area contributed by atoms with Crippen LogP contribution in [0.2, 0.25) is 0 Å². The Labute approximate surface area is 120 Å². The summed E-state index contributed by atoms with van der Waals surface area (Å²) < 4.78 is 38.2. The van der Waals surface area contributed by atoms with E-state index in [2.05, 4.69) is 5.32 Å².